The molecule has 0 fully saturated rings. The van der Waals surface area contributed by atoms with E-state index >= 15 is 0 Å². The summed E-state index contributed by atoms with van der Waals surface area (Å²) in [6, 6.07) is 0. The maximum Gasteiger partial charge on any atom is -0.00519 e. The van der Waals surface area contributed by atoms with E-state index in [4.69, 9.17) is 0 Å². The second-order valence-corrected chi connectivity index (χ2v) is 5.49. The Kier molecular flexibility index (Phi) is 12.0. The fraction of sp³-hybridized carbons (Fsp3) is 0.875. The Bertz CT molecular complexity index is 172. The summed E-state index contributed by atoms with van der Waals surface area (Å²) in [6.07, 6.45) is 12.4. The molecule has 0 aromatic heterocycles. The lowest BCUT2D eigenvalue weighted by Crippen LogP contribution is -2.06. The third kappa shape index (κ3) is 12.0. The molecule has 0 aromatic rings. The molecular weight excluding hydrogens is 206 g/mol. The van der Waals surface area contributed by atoms with E-state index in [1.807, 2.05) is 7.05 Å². The van der Waals surface area contributed by atoms with Gasteiger partial charge in [0.05, 0.1) is 0 Å². The molecule has 1 N–H and O–H groups in total. The SMILES string of the molecule is C=C(CCCCCCCCCCNC)C(C)C. The van der Waals surface area contributed by atoms with E-state index in [2.05, 4.69) is 25.7 Å². The Labute approximate surface area is 109 Å². The topological polar surface area (TPSA) is 12.0 Å². The van der Waals surface area contributed by atoms with Crippen molar-refractivity contribution in [3.8, 4) is 0 Å². The molecule has 102 valence electrons. The van der Waals surface area contributed by atoms with E-state index in [9.17, 15) is 0 Å². The van der Waals surface area contributed by atoms with Crippen LogP contribution in [0.15, 0.2) is 12.2 Å². The van der Waals surface area contributed by atoms with Crippen molar-refractivity contribution < 1.29 is 0 Å². The van der Waals surface area contributed by atoms with Crippen molar-refractivity contribution in [1.82, 2.24) is 5.32 Å². The molecule has 17 heavy (non-hydrogen) atoms. The van der Waals surface area contributed by atoms with Crippen LogP contribution < -0.4 is 5.32 Å². The average molecular weight is 239 g/mol. The molecule has 0 aliphatic rings. The summed E-state index contributed by atoms with van der Waals surface area (Å²) in [5.41, 5.74) is 1.43. The Morgan fingerprint density at radius 1 is 0.882 bits per heavy atom. The minimum absolute atomic E-state index is 0.669. The van der Waals surface area contributed by atoms with Crippen molar-refractivity contribution in [2.75, 3.05) is 13.6 Å². The lowest BCUT2D eigenvalue weighted by molar-refractivity contribution is 0.555. The molecule has 0 aliphatic carbocycles. The molecule has 0 saturated carbocycles. The zero-order valence-electron chi connectivity index (χ0n) is 12.4. The third-order valence-corrected chi connectivity index (χ3v) is 3.49. The van der Waals surface area contributed by atoms with Crippen molar-refractivity contribution in [3.05, 3.63) is 12.2 Å². The van der Waals surface area contributed by atoms with Gasteiger partial charge in [0.1, 0.15) is 0 Å². The highest BCUT2D eigenvalue weighted by atomic mass is 14.8. The summed E-state index contributed by atoms with van der Waals surface area (Å²) < 4.78 is 0. The fourth-order valence-electron chi connectivity index (χ4n) is 2.00. The van der Waals surface area contributed by atoms with Gasteiger partial charge in [-0.3, -0.25) is 0 Å². The van der Waals surface area contributed by atoms with Crippen LogP contribution >= 0.6 is 0 Å². The highest BCUT2D eigenvalue weighted by molar-refractivity contribution is 4.96. The largest absolute Gasteiger partial charge is 0.320 e. The van der Waals surface area contributed by atoms with E-state index in [1.165, 1.54) is 69.9 Å². The van der Waals surface area contributed by atoms with Crippen molar-refractivity contribution in [3.63, 3.8) is 0 Å². The van der Waals surface area contributed by atoms with Crippen LogP contribution in [0.4, 0.5) is 0 Å². The summed E-state index contributed by atoms with van der Waals surface area (Å²) in [5, 5.41) is 3.20. The van der Waals surface area contributed by atoms with Gasteiger partial charge < -0.3 is 5.32 Å². The van der Waals surface area contributed by atoms with Gasteiger partial charge >= 0.3 is 0 Å². The summed E-state index contributed by atoms with van der Waals surface area (Å²) in [4.78, 5) is 0. The van der Waals surface area contributed by atoms with Gasteiger partial charge in [0.15, 0.2) is 0 Å². The van der Waals surface area contributed by atoms with Crippen LogP contribution in [0.3, 0.4) is 0 Å². The van der Waals surface area contributed by atoms with Gasteiger partial charge in [0.25, 0.3) is 0 Å². The molecule has 0 amide bonds. The van der Waals surface area contributed by atoms with E-state index in [-0.39, 0.29) is 0 Å². The molecule has 0 bridgehead atoms. The van der Waals surface area contributed by atoms with Crippen molar-refractivity contribution >= 4 is 0 Å². The smallest absolute Gasteiger partial charge is 0.00519 e. The van der Waals surface area contributed by atoms with Crippen molar-refractivity contribution in [2.45, 2.75) is 71.6 Å². The highest BCUT2D eigenvalue weighted by Crippen LogP contribution is 2.16. The van der Waals surface area contributed by atoms with E-state index in [0.717, 1.165) is 0 Å². The third-order valence-electron chi connectivity index (χ3n) is 3.49. The molecule has 0 radical (unpaired) electrons. The molecule has 0 aliphatic heterocycles. The standard InChI is InChI=1S/C16H33N/c1-15(2)16(3)13-11-9-7-5-6-8-10-12-14-17-4/h15,17H,3,5-14H2,1-2,4H3. The van der Waals surface area contributed by atoms with Crippen LogP contribution in [0.1, 0.15) is 71.6 Å². The first-order valence-electron chi connectivity index (χ1n) is 7.50. The number of hydrogen-bond acceptors (Lipinski definition) is 1. The monoisotopic (exact) mass is 239 g/mol. The summed E-state index contributed by atoms with van der Waals surface area (Å²) in [5.74, 6) is 0.669. The number of hydrogen-bond donors (Lipinski definition) is 1. The maximum atomic E-state index is 4.12. The molecule has 0 aromatic carbocycles. The van der Waals surface area contributed by atoms with Crippen LogP contribution in [0.2, 0.25) is 0 Å². The van der Waals surface area contributed by atoms with Crippen LogP contribution in [-0.2, 0) is 0 Å². The summed E-state index contributed by atoms with van der Waals surface area (Å²) in [7, 11) is 2.03. The van der Waals surface area contributed by atoms with Gasteiger partial charge in [-0.2, -0.15) is 0 Å². The lowest BCUT2D eigenvalue weighted by Gasteiger charge is -2.08. The molecule has 0 saturated heterocycles. The lowest BCUT2D eigenvalue weighted by atomic mass is 9.98. The molecule has 0 unspecified atom stereocenters. The van der Waals surface area contributed by atoms with Gasteiger partial charge in [-0.05, 0) is 38.8 Å². The summed E-state index contributed by atoms with van der Waals surface area (Å²) in [6.45, 7) is 9.79. The predicted octanol–water partition coefficient (Wildman–Crippen LogP) is 4.93. The van der Waals surface area contributed by atoms with Crippen LogP contribution in [0.5, 0.6) is 0 Å². The minimum atomic E-state index is 0.669. The molecule has 1 heteroatoms. The molecular formula is C16H33N. The Morgan fingerprint density at radius 2 is 1.35 bits per heavy atom. The second kappa shape index (κ2) is 12.2. The molecule has 0 heterocycles. The van der Waals surface area contributed by atoms with Gasteiger partial charge in [-0.15, -0.1) is 0 Å². The Morgan fingerprint density at radius 3 is 1.82 bits per heavy atom. The molecule has 0 spiro atoms. The zero-order valence-corrected chi connectivity index (χ0v) is 12.4. The average Bonchev–Trinajstić information content (AvgIpc) is 2.31. The van der Waals surface area contributed by atoms with Crippen LogP contribution in [0.25, 0.3) is 0 Å². The van der Waals surface area contributed by atoms with E-state index in [1.54, 1.807) is 0 Å². The van der Waals surface area contributed by atoms with Gasteiger partial charge in [-0.1, -0.05) is 64.5 Å². The quantitative estimate of drug-likeness (QED) is 0.376. The van der Waals surface area contributed by atoms with Gasteiger partial charge in [0.2, 0.25) is 0 Å². The number of unbranched alkanes of at least 4 members (excludes halogenated alkanes) is 7. The Hall–Kier alpha value is -0.300. The Balaban J connectivity index is 3.06. The predicted molar refractivity (Wildman–Crippen MR) is 79.5 cm³/mol. The first-order chi connectivity index (χ1) is 8.18. The van der Waals surface area contributed by atoms with Crippen LogP contribution in [-0.4, -0.2) is 13.6 Å². The number of allylic oxidation sites excluding steroid dienone is 1. The van der Waals surface area contributed by atoms with E-state index in [0.29, 0.717) is 5.92 Å². The highest BCUT2D eigenvalue weighted by Gasteiger charge is 1.99. The molecule has 0 rings (SSSR count). The minimum Gasteiger partial charge on any atom is -0.320 e. The van der Waals surface area contributed by atoms with Crippen LogP contribution in [0, 0.1) is 5.92 Å². The normalized spacial score (nSPS) is 11.1. The van der Waals surface area contributed by atoms with E-state index < -0.39 is 0 Å². The first kappa shape index (κ1) is 16.7. The van der Waals surface area contributed by atoms with Gasteiger partial charge in [0, 0.05) is 0 Å². The summed E-state index contributed by atoms with van der Waals surface area (Å²) >= 11 is 0. The van der Waals surface area contributed by atoms with Crippen molar-refractivity contribution in [1.29, 1.82) is 0 Å². The maximum absolute atomic E-state index is 4.12. The first-order valence-corrected chi connectivity index (χ1v) is 7.50. The number of rotatable bonds is 12. The number of nitrogens with one attached hydrogen (secondary N) is 1. The fourth-order valence-corrected chi connectivity index (χ4v) is 2.00. The van der Waals surface area contributed by atoms with Gasteiger partial charge in [-0.25, -0.2) is 0 Å². The second-order valence-electron chi connectivity index (χ2n) is 5.49. The molecule has 1 nitrogen and oxygen atoms in total. The zero-order chi connectivity index (χ0) is 12.9. The van der Waals surface area contributed by atoms with Crippen molar-refractivity contribution in [2.24, 2.45) is 5.92 Å². The molecule has 0 atom stereocenters.